The molecule has 1 aliphatic rings. The van der Waals surface area contributed by atoms with Crippen molar-refractivity contribution in [1.82, 2.24) is 10.6 Å². The lowest BCUT2D eigenvalue weighted by Crippen LogP contribution is -2.42. The molecule has 2 atom stereocenters. The normalized spacial score (nSPS) is 22.2. The number of ether oxygens (including phenoxy) is 1. The lowest BCUT2D eigenvalue weighted by molar-refractivity contribution is -0.148. The molecule has 2 rings (SSSR count). The van der Waals surface area contributed by atoms with Crippen molar-refractivity contribution in [2.45, 2.75) is 38.3 Å². The molecular formula is C18H21FN2O4. The first-order valence-corrected chi connectivity index (χ1v) is 8.09. The summed E-state index contributed by atoms with van der Waals surface area (Å²) in [7, 11) is 0. The van der Waals surface area contributed by atoms with Gasteiger partial charge in [-0.05, 0) is 30.5 Å². The first kappa shape index (κ1) is 18.6. The third kappa shape index (κ3) is 6.02. The molecule has 7 heteroatoms. The Hall–Kier alpha value is -2.70. The van der Waals surface area contributed by atoms with Gasteiger partial charge in [0.15, 0.2) is 0 Å². The summed E-state index contributed by atoms with van der Waals surface area (Å²) in [5.41, 5.74) is 0.631. The minimum Gasteiger partial charge on any atom is -0.462 e. The highest BCUT2D eigenvalue weighted by Gasteiger charge is 2.23. The first-order valence-electron chi connectivity index (χ1n) is 8.09. The van der Waals surface area contributed by atoms with Crippen molar-refractivity contribution in [3.63, 3.8) is 0 Å². The Bertz CT molecular complexity index is 658. The number of benzene rings is 1. The van der Waals surface area contributed by atoms with Crippen LogP contribution in [0.3, 0.4) is 0 Å². The van der Waals surface area contributed by atoms with E-state index in [4.69, 9.17) is 4.74 Å². The summed E-state index contributed by atoms with van der Waals surface area (Å²) in [5, 5.41) is 5.34. The highest BCUT2D eigenvalue weighted by Crippen LogP contribution is 2.16. The first-order chi connectivity index (χ1) is 12.0. The van der Waals surface area contributed by atoms with Gasteiger partial charge < -0.3 is 15.4 Å². The van der Waals surface area contributed by atoms with E-state index in [-0.39, 0.29) is 24.8 Å². The van der Waals surface area contributed by atoms with Gasteiger partial charge in [0.25, 0.3) is 0 Å². The van der Waals surface area contributed by atoms with Crippen molar-refractivity contribution < 1.29 is 23.5 Å². The number of amides is 2. The summed E-state index contributed by atoms with van der Waals surface area (Å²) in [5.74, 6) is -1.49. The van der Waals surface area contributed by atoms with Crippen molar-refractivity contribution in [3.8, 4) is 0 Å². The van der Waals surface area contributed by atoms with Crippen LogP contribution in [0, 0.1) is 5.82 Å². The fraction of sp³-hybridized carbons (Fsp3) is 0.389. The number of halogens is 1. The van der Waals surface area contributed by atoms with E-state index in [1.165, 1.54) is 31.2 Å². The van der Waals surface area contributed by atoms with Gasteiger partial charge in [0, 0.05) is 13.3 Å². The van der Waals surface area contributed by atoms with Crippen molar-refractivity contribution in [2.75, 3.05) is 6.61 Å². The molecule has 2 N–H and O–H groups in total. The summed E-state index contributed by atoms with van der Waals surface area (Å²) < 4.78 is 18.4. The van der Waals surface area contributed by atoms with Crippen LogP contribution in [0.25, 0.3) is 0 Å². The van der Waals surface area contributed by atoms with Crippen LogP contribution in [0.15, 0.2) is 36.4 Å². The molecule has 0 saturated heterocycles. The van der Waals surface area contributed by atoms with Gasteiger partial charge in [0.05, 0.1) is 6.04 Å². The second kappa shape index (κ2) is 8.96. The van der Waals surface area contributed by atoms with Crippen molar-refractivity contribution in [3.05, 3.63) is 47.8 Å². The Kier molecular flexibility index (Phi) is 6.68. The van der Waals surface area contributed by atoms with Crippen LogP contribution in [-0.4, -0.2) is 30.4 Å². The number of carbonyl (C=O) groups excluding carboxylic acids is 3. The Morgan fingerprint density at radius 2 is 1.96 bits per heavy atom. The van der Waals surface area contributed by atoms with E-state index in [1.54, 1.807) is 12.2 Å². The second-order valence-electron chi connectivity index (χ2n) is 5.80. The number of hydrogen-bond donors (Lipinski definition) is 2. The fourth-order valence-corrected chi connectivity index (χ4v) is 2.47. The molecule has 0 fully saturated rings. The molecule has 0 bridgehead atoms. The Balaban J connectivity index is 2.17. The molecule has 0 aromatic heterocycles. The number of esters is 1. The molecule has 25 heavy (non-hydrogen) atoms. The quantitative estimate of drug-likeness (QED) is 0.630. The predicted molar refractivity (Wildman–Crippen MR) is 88.8 cm³/mol. The summed E-state index contributed by atoms with van der Waals surface area (Å²) in [6.45, 7) is 1.23. The molecule has 134 valence electrons. The molecule has 6 nitrogen and oxygen atoms in total. The van der Waals surface area contributed by atoms with Gasteiger partial charge in [-0.1, -0.05) is 24.3 Å². The SMILES string of the molecule is CC(=O)N[C@@H]1CC=CCCC(=O)N[C@H](c2ccc(F)cc2)COC1=O. The van der Waals surface area contributed by atoms with E-state index in [2.05, 4.69) is 10.6 Å². The molecular weight excluding hydrogens is 327 g/mol. The molecule has 0 aliphatic carbocycles. The largest absolute Gasteiger partial charge is 0.462 e. The molecule has 1 aliphatic heterocycles. The van der Waals surface area contributed by atoms with Crippen LogP contribution in [0.4, 0.5) is 4.39 Å². The summed E-state index contributed by atoms with van der Waals surface area (Å²) in [6, 6.07) is 4.26. The zero-order valence-corrected chi connectivity index (χ0v) is 14.0. The van der Waals surface area contributed by atoms with Crippen LogP contribution in [0.1, 0.15) is 37.8 Å². The third-order valence-corrected chi connectivity index (χ3v) is 3.74. The maximum atomic E-state index is 13.1. The molecule has 1 heterocycles. The Morgan fingerprint density at radius 3 is 2.64 bits per heavy atom. The smallest absolute Gasteiger partial charge is 0.329 e. The lowest BCUT2D eigenvalue weighted by atomic mass is 10.1. The lowest BCUT2D eigenvalue weighted by Gasteiger charge is -2.22. The standard InChI is InChI=1S/C18H21FN2O4/c1-12(22)20-15-5-3-2-4-6-17(23)21-16(11-25-18(15)24)13-7-9-14(19)10-8-13/h2-3,7-10,15-16H,4-6,11H2,1H3,(H,20,22)(H,21,23)/t15-,16+/m1/s1. The second-order valence-corrected chi connectivity index (χ2v) is 5.80. The van der Waals surface area contributed by atoms with Crippen LogP contribution in [-0.2, 0) is 19.1 Å². The Labute approximate surface area is 145 Å². The van der Waals surface area contributed by atoms with Crippen molar-refractivity contribution in [2.24, 2.45) is 0 Å². The molecule has 1 aromatic rings. The molecule has 1 aromatic carbocycles. The monoisotopic (exact) mass is 348 g/mol. The van der Waals surface area contributed by atoms with Gasteiger partial charge in [-0.25, -0.2) is 9.18 Å². The highest BCUT2D eigenvalue weighted by atomic mass is 19.1. The van der Waals surface area contributed by atoms with Gasteiger partial charge in [0.1, 0.15) is 18.5 Å². The Morgan fingerprint density at radius 1 is 1.24 bits per heavy atom. The van der Waals surface area contributed by atoms with Crippen molar-refractivity contribution >= 4 is 17.8 Å². The highest BCUT2D eigenvalue weighted by molar-refractivity contribution is 5.83. The van der Waals surface area contributed by atoms with Gasteiger partial charge in [-0.3, -0.25) is 9.59 Å². The number of nitrogens with one attached hydrogen (secondary N) is 2. The van der Waals surface area contributed by atoms with Crippen molar-refractivity contribution in [1.29, 1.82) is 0 Å². The number of allylic oxidation sites excluding steroid dienone is 1. The average Bonchev–Trinajstić information content (AvgIpc) is 2.56. The molecule has 0 radical (unpaired) electrons. The summed E-state index contributed by atoms with van der Waals surface area (Å²) in [6.07, 6.45) is 4.63. The minimum atomic E-state index is -0.780. The number of rotatable bonds is 2. The third-order valence-electron chi connectivity index (χ3n) is 3.74. The summed E-state index contributed by atoms with van der Waals surface area (Å²) >= 11 is 0. The van der Waals surface area contributed by atoms with Crippen LogP contribution in [0.5, 0.6) is 0 Å². The maximum absolute atomic E-state index is 13.1. The van der Waals surface area contributed by atoms with Crippen LogP contribution >= 0.6 is 0 Å². The van der Waals surface area contributed by atoms with Gasteiger partial charge in [-0.15, -0.1) is 0 Å². The van der Waals surface area contributed by atoms with Gasteiger partial charge >= 0.3 is 5.97 Å². The van der Waals surface area contributed by atoms with E-state index in [0.29, 0.717) is 18.4 Å². The maximum Gasteiger partial charge on any atom is 0.329 e. The van der Waals surface area contributed by atoms with Gasteiger partial charge in [0.2, 0.25) is 11.8 Å². The number of cyclic esters (lactones) is 1. The predicted octanol–water partition coefficient (Wildman–Crippen LogP) is 1.77. The zero-order valence-electron chi connectivity index (χ0n) is 14.0. The molecule has 0 unspecified atom stereocenters. The molecule has 0 spiro atoms. The summed E-state index contributed by atoms with van der Waals surface area (Å²) in [4.78, 5) is 35.5. The average molecular weight is 348 g/mol. The number of carbonyl (C=O) groups is 3. The van der Waals surface area contributed by atoms with Crippen LogP contribution < -0.4 is 10.6 Å². The molecule has 2 amide bonds. The van der Waals surface area contributed by atoms with Crippen LogP contribution in [0.2, 0.25) is 0 Å². The zero-order chi connectivity index (χ0) is 18.2. The van der Waals surface area contributed by atoms with E-state index >= 15 is 0 Å². The fourth-order valence-electron chi connectivity index (χ4n) is 2.47. The minimum absolute atomic E-state index is 0.101. The van der Waals surface area contributed by atoms with E-state index < -0.39 is 23.9 Å². The van der Waals surface area contributed by atoms with E-state index in [1.807, 2.05) is 0 Å². The topological polar surface area (TPSA) is 84.5 Å². The van der Waals surface area contributed by atoms with E-state index in [0.717, 1.165) is 0 Å². The van der Waals surface area contributed by atoms with E-state index in [9.17, 15) is 18.8 Å². The van der Waals surface area contributed by atoms with Gasteiger partial charge in [-0.2, -0.15) is 0 Å². The molecule has 0 saturated carbocycles. The number of hydrogen-bond acceptors (Lipinski definition) is 4.